The summed E-state index contributed by atoms with van der Waals surface area (Å²) in [5, 5.41) is 2.98. The third-order valence-electron chi connectivity index (χ3n) is 4.13. The first kappa shape index (κ1) is 16.0. The molecule has 5 heteroatoms. The molecule has 1 amide bonds. The minimum atomic E-state index is -0.0596. The normalized spacial score (nSPS) is 10.8. The van der Waals surface area contributed by atoms with E-state index in [9.17, 15) is 4.79 Å². The van der Waals surface area contributed by atoms with Gasteiger partial charge in [-0.2, -0.15) is 4.98 Å². The van der Waals surface area contributed by atoms with Gasteiger partial charge in [-0.25, -0.2) is 4.98 Å². The SMILES string of the molecule is Cc1ccc(-c2nc3ncccc3o2)cc1NC(=O)Cc1ccccc1. The van der Waals surface area contributed by atoms with Gasteiger partial charge in [0.05, 0.1) is 6.42 Å². The molecule has 4 aromatic rings. The topological polar surface area (TPSA) is 68.0 Å². The second-order valence-electron chi connectivity index (χ2n) is 6.08. The molecule has 1 N–H and O–H groups in total. The zero-order valence-electron chi connectivity index (χ0n) is 14.3. The summed E-state index contributed by atoms with van der Waals surface area (Å²) in [6.07, 6.45) is 2.01. The van der Waals surface area contributed by atoms with Crippen molar-refractivity contribution in [2.24, 2.45) is 0 Å². The minimum Gasteiger partial charge on any atom is -0.434 e. The number of anilines is 1. The molecule has 0 saturated carbocycles. The van der Waals surface area contributed by atoms with E-state index in [1.807, 2.05) is 67.6 Å². The van der Waals surface area contributed by atoms with Crippen molar-refractivity contribution in [3.8, 4) is 11.5 Å². The number of rotatable bonds is 4. The summed E-state index contributed by atoms with van der Waals surface area (Å²) in [5.41, 5.74) is 4.70. The number of nitrogens with one attached hydrogen (secondary N) is 1. The highest BCUT2D eigenvalue weighted by Crippen LogP contribution is 2.27. The highest BCUT2D eigenvalue weighted by Gasteiger charge is 2.12. The van der Waals surface area contributed by atoms with Crippen molar-refractivity contribution in [1.29, 1.82) is 0 Å². The molecular weight excluding hydrogens is 326 g/mol. The van der Waals surface area contributed by atoms with Gasteiger partial charge in [-0.3, -0.25) is 4.79 Å². The van der Waals surface area contributed by atoms with E-state index in [0.29, 0.717) is 23.5 Å². The van der Waals surface area contributed by atoms with E-state index < -0.39 is 0 Å². The van der Waals surface area contributed by atoms with Crippen LogP contribution in [0.4, 0.5) is 5.69 Å². The van der Waals surface area contributed by atoms with Crippen LogP contribution in [0, 0.1) is 6.92 Å². The number of hydrogen-bond donors (Lipinski definition) is 1. The Labute approximate surface area is 150 Å². The fraction of sp³-hybridized carbons (Fsp3) is 0.0952. The van der Waals surface area contributed by atoms with Gasteiger partial charge in [0, 0.05) is 17.4 Å². The maximum atomic E-state index is 12.4. The molecular formula is C21H17N3O2. The van der Waals surface area contributed by atoms with Gasteiger partial charge in [0.1, 0.15) is 0 Å². The number of aromatic nitrogens is 2. The summed E-state index contributed by atoms with van der Waals surface area (Å²) in [6, 6.07) is 19.0. The van der Waals surface area contributed by atoms with Gasteiger partial charge in [-0.1, -0.05) is 36.4 Å². The zero-order chi connectivity index (χ0) is 17.9. The summed E-state index contributed by atoms with van der Waals surface area (Å²) in [4.78, 5) is 21.0. The number of hydrogen-bond acceptors (Lipinski definition) is 4. The molecule has 0 aliphatic carbocycles. The minimum absolute atomic E-state index is 0.0596. The Morgan fingerprint density at radius 1 is 1.08 bits per heavy atom. The molecule has 0 atom stereocenters. The van der Waals surface area contributed by atoms with Crippen molar-refractivity contribution in [3.05, 3.63) is 78.0 Å². The number of carbonyl (C=O) groups is 1. The molecule has 0 spiro atoms. The molecule has 0 bridgehead atoms. The van der Waals surface area contributed by atoms with Crippen LogP contribution in [-0.4, -0.2) is 15.9 Å². The number of carbonyl (C=O) groups excluding carboxylic acids is 1. The molecule has 0 fully saturated rings. The van der Waals surface area contributed by atoms with E-state index in [1.165, 1.54) is 0 Å². The first-order chi connectivity index (χ1) is 12.7. The number of pyridine rings is 1. The zero-order valence-corrected chi connectivity index (χ0v) is 14.3. The summed E-state index contributed by atoms with van der Waals surface area (Å²) in [6.45, 7) is 1.95. The van der Waals surface area contributed by atoms with Crippen LogP contribution in [0.5, 0.6) is 0 Å². The van der Waals surface area contributed by atoms with Crippen molar-refractivity contribution in [1.82, 2.24) is 9.97 Å². The molecule has 0 radical (unpaired) electrons. The number of nitrogens with zero attached hydrogens (tertiary/aromatic N) is 2. The maximum Gasteiger partial charge on any atom is 0.228 e. The van der Waals surface area contributed by atoms with Crippen molar-refractivity contribution in [3.63, 3.8) is 0 Å². The van der Waals surface area contributed by atoms with E-state index in [0.717, 1.165) is 22.4 Å². The number of aryl methyl sites for hydroxylation is 1. The van der Waals surface area contributed by atoms with Crippen LogP contribution in [0.15, 0.2) is 71.3 Å². The molecule has 0 aliphatic rings. The van der Waals surface area contributed by atoms with Crippen molar-refractivity contribution in [2.75, 3.05) is 5.32 Å². The third kappa shape index (κ3) is 3.32. The lowest BCUT2D eigenvalue weighted by Gasteiger charge is -2.09. The fourth-order valence-corrected chi connectivity index (χ4v) is 2.76. The lowest BCUT2D eigenvalue weighted by Crippen LogP contribution is -2.15. The highest BCUT2D eigenvalue weighted by molar-refractivity contribution is 5.93. The van der Waals surface area contributed by atoms with Gasteiger partial charge >= 0.3 is 0 Å². The van der Waals surface area contributed by atoms with Crippen LogP contribution in [0.3, 0.4) is 0 Å². The standard InChI is InChI=1S/C21H17N3O2/c1-14-9-10-16(21-24-20-18(26-21)8-5-11-22-20)13-17(14)23-19(25)12-15-6-3-2-4-7-15/h2-11,13H,12H2,1H3,(H,23,25). The highest BCUT2D eigenvalue weighted by atomic mass is 16.3. The average molecular weight is 343 g/mol. The lowest BCUT2D eigenvalue weighted by molar-refractivity contribution is -0.115. The smallest absolute Gasteiger partial charge is 0.228 e. The quantitative estimate of drug-likeness (QED) is 0.597. The second kappa shape index (κ2) is 6.80. The molecule has 2 heterocycles. The van der Waals surface area contributed by atoms with E-state index >= 15 is 0 Å². The monoisotopic (exact) mass is 343 g/mol. The van der Waals surface area contributed by atoms with Crippen LogP contribution in [-0.2, 0) is 11.2 Å². The molecule has 0 unspecified atom stereocenters. The van der Waals surface area contributed by atoms with Crippen LogP contribution >= 0.6 is 0 Å². The Morgan fingerprint density at radius 3 is 2.73 bits per heavy atom. The van der Waals surface area contributed by atoms with Crippen LogP contribution in [0.25, 0.3) is 22.7 Å². The predicted octanol–water partition coefficient (Wildman–Crippen LogP) is 4.38. The molecule has 0 aliphatic heterocycles. The van der Waals surface area contributed by atoms with Gasteiger partial charge in [0.2, 0.25) is 11.8 Å². The van der Waals surface area contributed by atoms with Crippen molar-refractivity contribution < 1.29 is 9.21 Å². The Morgan fingerprint density at radius 2 is 1.92 bits per heavy atom. The molecule has 2 aromatic carbocycles. The Bertz CT molecular complexity index is 1040. The van der Waals surface area contributed by atoms with Gasteiger partial charge in [0.15, 0.2) is 11.2 Å². The molecule has 26 heavy (non-hydrogen) atoms. The van der Waals surface area contributed by atoms with E-state index in [4.69, 9.17) is 4.42 Å². The molecule has 5 nitrogen and oxygen atoms in total. The van der Waals surface area contributed by atoms with Crippen molar-refractivity contribution in [2.45, 2.75) is 13.3 Å². The summed E-state index contributed by atoms with van der Waals surface area (Å²) in [7, 11) is 0. The van der Waals surface area contributed by atoms with E-state index in [1.54, 1.807) is 6.20 Å². The lowest BCUT2D eigenvalue weighted by atomic mass is 10.1. The van der Waals surface area contributed by atoms with E-state index in [-0.39, 0.29) is 5.91 Å². The molecule has 2 aromatic heterocycles. The van der Waals surface area contributed by atoms with Crippen LogP contribution in [0.1, 0.15) is 11.1 Å². The first-order valence-corrected chi connectivity index (χ1v) is 8.35. The van der Waals surface area contributed by atoms with Gasteiger partial charge in [-0.05, 0) is 42.3 Å². The predicted molar refractivity (Wildman–Crippen MR) is 101 cm³/mol. The van der Waals surface area contributed by atoms with Crippen LogP contribution < -0.4 is 5.32 Å². The Balaban J connectivity index is 1.59. The molecule has 4 rings (SSSR count). The first-order valence-electron chi connectivity index (χ1n) is 8.35. The van der Waals surface area contributed by atoms with Gasteiger partial charge < -0.3 is 9.73 Å². The Kier molecular flexibility index (Phi) is 4.19. The number of amides is 1. The largest absolute Gasteiger partial charge is 0.434 e. The molecule has 128 valence electrons. The van der Waals surface area contributed by atoms with Gasteiger partial charge in [-0.15, -0.1) is 0 Å². The van der Waals surface area contributed by atoms with E-state index in [2.05, 4.69) is 15.3 Å². The fourth-order valence-electron chi connectivity index (χ4n) is 2.76. The number of benzene rings is 2. The molecule has 0 saturated heterocycles. The Hall–Kier alpha value is -3.47. The van der Waals surface area contributed by atoms with Crippen LogP contribution in [0.2, 0.25) is 0 Å². The maximum absolute atomic E-state index is 12.4. The number of oxazole rings is 1. The second-order valence-corrected chi connectivity index (χ2v) is 6.08. The average Bonchev–Trinajstić information content (AvgIpc) is 3.08. The van der Waals surface area contributed by atoms with Gasteiger partial charge in [0.25, 0.3) is 0 Å². The summed E-state index contributed by atoms with van der Waals surface area (Å²) in [5.74, 6) is 0.424. The third-order valence-corrected chi connectivity index (χ3v) is 4.13. The summed E-state index contributed by atoms with van der Waals surface area (Å²) < 4.78 is 5.76. The van der Waals surface area contributed by atoms with Crippen molar-refractivity contribution >= 4 is 22.8 Å². The summed E-state index contributed by atoms with van der Waals surface area (Å²) >= 11 is 0. The number of fused-ring (bicyclic) bond motifs is 1.